The van der Waals surface area contributed by atoms with Gasteiger partial charge in [0.2, 0.25) is 0 Å². The first-order valence-corrected chi connectivity index (χ1v) is 8.11. The van der Waals surface area contributed by atoms with Crippen molar-refractivity contribution in [2.24, 2.45) is 0 Å². The minimum atomic E-state index is 0.578. The Morgan fingerprint density at radius 1 is 1.32 bits per heavy atom. The Kier molecular flexibility index (Phi) is 3.69. The summed E-state index contributed by atoms with van der Waals surface area (Å²) in [7, 11) is 0. The van der Waals surface area contributed by atoms with Gasteiger partial charge in [-0.2, -0.15) is 0 Å². The molecule has 1 aliphatic carbocycles. The van der Waals surface area contributed by atoms with E-state index in [1.54, 1.807) is 11.3 Å². The van der Waals surface area contributed by atoms with Gasteiger partial charge in [-0.1, -0.05) is 19.8 Å². The molecule has 0 atom stereocenters. The topological polar surface area (TPSA) is 37.8 Å². The van der Waals surface area contributed by atoms with E-state index >= 15 is 0 Å². The lowest BCUT2D eigenvalue weighted by Gasteiger charge is -2.11. The minimum Gasteiger partial charge on any atom is -0.369 e. The number of fused-ring (bicyclic) bond motifs is 1. The molecule has 2 heterocycles. The third-order valence-corrected chi connectivity index (χ3v) is 4.74. The molecule has 0 saturated heterocycles. The standard InChI is InChI=1S/C15H21N3S/c1-3-8-16-14-12-9-10(2)19-15(12)18-13(17-14)11-6-4-5-7-11/h9,11H,3-8H2,1-2H3,(H,16,17,18). The van der Waals surface area contributed by atoms with E-state index in [0.29, 0.717) is 5.92 Å². The summed E-state index contributed by atoms with van der Waals surface area (Å²) >= 11 is 1.78. The molecule has 0 aliphatic heterocycles. The molecule has 0 aromatic carbocycles. The van der Waals surface area contributed by atoms with Crippen LogP contribution in [0.25, 0.3) is 10.2 Å². The summed E-state index contributed by atoms with van der Waals surface area (Å²) in [5, 5.41) is 4.66. The fraction of sp³-hybridized carbons (Fsp3) is 0.600. The van der Waals surface area contributed by atoms with E-state index in [2.05, 4.69) is 25.2 Å². The van der Waals surface area contributed by atoms with Crippen LogP contribution in [0.2, 0.25) is 0 Å². The monoisotopic (exact) mass is 275 g/mol. The highest BCUT2D eigenvalue weighted by molar-refractivity contribution is 7.18. The average Bonchev–Trinajstić information content (AvgIpc) is 3.03. The lowest BCUT2D eigenvalue weighted by Crippen LogP contribution is -2.07. The lowest BCUT2D eigenvalue weighted by atomic mass is 10.1. The van der Waals surface area contributed by atoms with Crippen molar-refractivity contribution in [1.29, 1.82) is 0 Å². The average molecular weight is 275 g/mol. The van der Waals surface area contributed by atoms with Gasteiger partial charge in [0.15, 0.2) is 0 Å². The van der Waals surface area contributed by atoms with Gasteiger partial charge in [-0.05, 0) is 32.3 Å². The summed E-state index contributed by atoms with van der Waals surface area (Å²) in [4.78, 5) is 12.1. The first kappa shape index (κ1) is 12.9. The van der Waals surface area contributed by atoms with Crippen LogP contribution in [-0.4, -0.2) is 16.5 Å². The van der Waals surface area contributed by atoms with E-state index in [1.807, 2.05) is 0 Å². The number of aryl methyl sites for hydroxylation is 1. The summed E-state index contributed by atoms with van der Waals surface area (Å²) in [5.41, 5.74) is 0. The molecule has 1 N–H and O–H groups in total. The molecule has 102 valence electrons. The van der Waals surface area contributed by atoms with Gasteiger partial charge in [0, 0.05) is 17.3 Å². The predicted octanol–water partition coefficient (Wildman–Crippen LogP) is 4.48. The van der Waals surface area contributed by atoms with Crippen LogP contribution in [0.15, 0.2) is 6.07 Å². The molecule has 0 unspecified atom stereocenters. The number of nitrogens with one attached hydrogen (secondary N) is 1. The van der Waals surface area contributed by atoms with Gasteiger partial charge < -0.3 is 5.32 Å². The molecule has 2 aromatic heterocycles. The third-order valence-electron chi connectivity index (χ3n) is 3.80. The zero-order chi connectivity index (χ0) is 13.2. The van der Waals surface area contributed by atoms with Crippen LogP contribution in [0.1, 0.15) is 55.6 Å². The van der Waals surface area contributed by atoms with Crippen molar-refractivity contribution in [3.05, 3.63) is 16.8 Å². The Morgan fingerprint density at radius 2 is 2.11 bits per heavy atom. The Labute approximate surface area is 118 Å². The molecule has 3 nitrogen and oxygen atoms in total. The summed E-state index contributed by atoms with van der Waals surface area (Å²) in [6.07, 6.45) is 6.28. The van der Waals surface area contributed by atoms with Gasteiger partial charge in [-0.15, -0.1) is 11.3 Å². The van der Waals surface area contributed by atoms with Crippen LogP contribution >= 0.6 is 11.3 Å². The van der Waals surface area contributed by atoms with Gasteiger partial charge in [-0.3, -0.25) is 0 Å². The number of nitrogens with zero attached hydrogens (tertiary/aromatic N) is 2. The number of aromatic nitrogens is 2. The van der Waals surface area contributed by atoms with Gasteiger partial charge in [0.05, 0.1) is 5.39 Å². The van der Waals surface area contributed by atoms with E-state index < -0.39 is 0 Å². The van der Waals surface area contributed by atoms with Crippen LogP contribution in [0.3, 0.4) is 0 Å². The van der Waals surface area contributed by atoms with Crippen molar-refractivity contribution >= 4 is 27.4 Å². The van der Waals surface area contributed by atoms with Crippen molar-refractivity contribution in [3.8, 4) is 0 Å². The number of anilines is 1. The van der Waals surface area contributed by atoms with E-state index in [9.17, 15) is 0 Å². The normalized spacial score (nSPS) is 16.3. The molecule has 1 fully saturated rings. The van der Waals surface area contributed by atoms with Gasteiger partial charge >= 0.3 is 0 Å². The van der Waals surface area contributed by atoms with Crippen molar-refractivity contribution in [1.82, 2.24) is 9.97 Å². The summed E-state index contributed by atoms with van der Waals surface area (Å²) in [6, 6.07) is 2.20. The first-order valence-electron chi connectivity index (χ1n) is 7.30. The van der Waals surface area contributed by atoms with E-state index in [0.717, 1.165) is 29.4 Å². The first-order chi connectivity index (χ1) is 9.28. The Bertz CT molecular complexity index is 570. The second-order valence-corrected chi connectivity index (χ2v) is 6.65. The second kappa shape index (κ2) is 5.45. The minimum absolute atomic E-state index is 0.578. The Hall–Kier alpha value is -1.16. The number of hydrogen-bond acceptors (Lipinski definition) is 4. The maximum absolute atomic E-state index is 4.82. The van der Waals surface area contributed by atoms with Crippen molar-refractivity contribution in [2.75, 3.05) is 11.9 Å². The number of rotatable bonds is 4. The molecule has 0 amide bonds. The molecule has 0 radical (unpaired) electrons. The zero-order valence-electron chi connectivity index (χ0n) is 11.7. The molecular weight excluding hydrogens is 254 g/mol. The van der Waals surface area contributed by atoms with Crippen LogP contribution < -0.4 is 5.32 Å². The van der Waals surface area contributed by atoms with Gasteiger partial charge in [0.1, 0.15) is 16.5 Å². The fourth-order valence-corrected chi connectivity index (χ4v) is 3.69. The maximum Gasteiger partial charge on any atom is 0.138 e. The van der Waals surface area contributed by atoms with E-state index in [-0.39, 0.29) is 0 Å². The third kappa shape index (κ3) is 2.59. The smallest absolute Gasteiger partial charge is 0.138 e. The van der Waals surface area contributed by atoms with E-state index in [4.69, 9.17) is 9.97 Å². The molecule has 3 rings (SSSR count). The molecule has 0 bridgehead atoms. The molecular formula is C15H21N3S. The number of thiophene rings is 1. The largest absolute Gasteiger partial charge is 0.369 e. The van der Waals surface area contributed by atoms with Crippen LogP contribution in [0, 0.1) is 6.92 Å². The molecule has 2 aromatic rings. The highest BCUT2D eigenvalue weighted by atomic mass is 32.1. The number of hydrogen-bond donors (Lipinski definition) is 1. The van der Waals surface area contributed by atoms with Crippen LogP contribution in [-0.2, 0) is 0 Å². The van der Waals surface area contributed by atoms with Crippen molar-refractivity contribution in [2.45, 2.75) is 51.9 Å². The predicted molar refractivity (Wildman–Crippen MR) is 82.1 cm³/mol. The van der Waals surface area contributed by atoms with E-state index in [1.165, 1.54) is 35.9 Å². The summed E-state index contributed by atoms with van der Waals surface area (Å²) < 4.78 is 0. The zero-order valence-corrected chi connectivity index (χ0v) is 12.5. The van der Waals surface area contributed by atoms with Gasteiger partial charge in [0.25, 0.3) is 0 Å². The molecule has 19 heavy (non-hydrogen) atoms. The summed E-state index contributed by atoms with van der Waals surface area (Å²) in [5.74, 6) is 2.68. The van der Waals surface area contributed by atoms with Crippen LogP contribution in [0.5, 0.6) is 0 Å². The quantitative estimate of drug-likeness (QED) is 0.894. The Morgan fingerprint density at radius 3 is 2.84 bits per heavy atom. The van der Waals surface area contributed by atoms with Crippen LogP contribution in [0.4, 0.5) is 5.82 Å². The van der Waals surface area contributed by atoms with Crippen molar-refractivity contribution in [3.63, 3.8) is 0 Å². The summed E-state index contributed by atoms with van der Waals surface area (Å²) in [6.45, 7) is 5.30. The highest BCUT2D eigenvalue weighted by Gasteiger charge is 2.21. The lowest BCUT2D eigenvalue weighted by molar-refractivity contribution is 0.673. The Balaban J connectivity index is 2.03. The molecule has 0 spiro atoms. The molecule has 1 saturated carbocycles. The SMILES string of the molecule is CCCNc1nc(C2CCCC2)nc2sc(C)cc12. The highest BCUT2D eigenvalue weighted by Crippen LogP contribution is 2.35. The van der Waals surface area contributed by atoms with Gasteiger partial charge in [-0.25, -0.2) is 9.97 Å². The molecule has 4 heteroatoms. The fourth-order valence-electron chi connectivity index (χ4n) is 2.80. The second-order valence-electron chi connectivity index (χ2n) is 5.41. The van der Waals surface area contributed by atoms with Crippen molar-refractivity contribution < 1.29 is 0 Å². The maximum atomic E-state index is 4.82. The molecule has 1 aliphatic rings.